The molecule has 0 fully saturated rings. The highest BCUT2D eigenvalue weighted by atomic mass is 16.6. The molecule has 0 saturated carbocycles. The Kier molecular flexibility index (Phi) is 6.10. The lowest BCUT2D eigenvalue weighted by Gasteiger charge is -2.13. The lowest BCUT2D eigenvalue weighted by Crippen LogP contribution is -2.18. The van der Waals surface area contributed by atoms with Crippen molar-refractivity contribution in [2.45, 2.75) is 31.9 Å². The fourth-order valence-electron chi connectivity index (χ4n) is 1.57. The van der Waals surface area contributed by atoms with E-state index in [4.69, 9.17) is 5.11 Å². The number of aliphatic hydroxyl groups is 2. The van der Waals surface area contributed by atoms with Crippen molar-refractivity contribution in [3.05, 3.63) is 34.4 Å². The van der Waals surface area contributed by atoms with Crippen LogP contribution in [0, 0.1) is 10.1 Å². The molecule has 1 atom stereocenters. The number of aliphatic hydroxyl groups excluding tert-OH is 2. The number of rotatable bonds is 8. The molecule has 0 amide bonds. The molecular formula is C12H18N2O4. The molecule has 1 aromatic carbocycles. The molecule has 100 valence electrons. The predicted octanol–water partition coefficient (Wildman–Crippen LogP) is 1.88. The van der Waals surface area contributed by atoms with Gasteiger partial charge in [0.2, 0.25) is 0 Å². The second-order valence-corrected chi connectivity index (χ2v) is 4.04. The van der Waals surface area contributed by atoms with Crippen LogP contribution in [0.1, 0.15) is 25.7 Å². The predicted molar refractivity (Wildman–Crippen MR) is 68.3 cm³/mol. The molecule has 0 aliphatic heterocycles. The molecular weight excluding hydrogens is 236 g/mol. The van der Waals surface area contributed by atoms with Crippen molar-refractivity contribution in [2.75, 3.05) is 11.9 Å². The van der Waals surface area contributed by atoms with Crippen molar-refractivity contribution in [1.82, 2.24) is 0 Å². The fraction of sp³-hybridized carbons (Fsp3) is 0.500. The van der Waals surface area contributed by atoms with E-state index in [0.29, 0.717) is 12.1 Å². The Balaban J connectivity index is 2.35. The smallest absolute Gasteiger partial charge is 0.269 e. The van der Waals surface area contributed by atoms with Gasteiger partial charge in [-0.2, -0.15) is 0 Å². The maximum atomic E-state index is 10.5. The topological polar surface area (TPSA) is 95.6 Å². The van der Waals surface area contributed by atoms with E-state index in [0.717, 1.165) is 19.3 Å². The molecule has 0 aliphatic carbocycles. The van der Waals surface area contributed by atoms with Gasteiger partial charge in [-0.05, 0) is 31.4 Å². The molecule has 0 saturated heterocycles. The van der Waals surface area contributed by atoms with Gasteiger partial charge in [0.05, 0.1) is 4.92 Å². The molecule has 0 aliphatic rings. The van der Waals surface area contributed by atoms with Crippen LogP contribution >= 0.6 is 0 Å². The van der Waals surface area contributed by atoms with Gasteiger partial charge in [-0.3, -0.25) is 10.1 Å². The van der Waals surface area contributed by atoms with Crippen molar-refractivity contribution >= 4 is 11.4 Å². The third-order valence-electron chi connectivity index (χ3n) is 2.55. The van der Waals surface area contributed by atoms with Crippen molar-refractivity contribution in [3.63, 3.8) is 0 Å². The highest BCUT2D eigenvalue weighted by Gasteiger charge is 2.06. The summed E-state index contributed by atoms with van der Waals surface area (Å²) in [6.45, 7) is 0.172. The minimum atomic E-state index is -0.676. The number of unbranched alkanes of at least 4 members (excludes halogenated alkanes) is 2. The van der Waals surface area contributed by atoms with Crippen molar-refractivity contribution in [3.8, 4) is 0 Å². The Morgan fingerprint density at radius 1 is 1.22 bits per heavy atom. The van der Waals surface area contributed by atoms with Gasteiger partial charge < -0.3 is 15.5 Å². The van der Waals surface area contributed by atoms with Crippen LogP contribution in [0.15, 0.2) is 24.3 Å². The van der Waals surface area contributed by atoms with E-state index in [1.165, 1.54) is 12.1 Å². The van der Waals surface area contributed by atoms with Crippen LogP contribution in [0.25, 0.3) is 0 Å². The zero-order valence-electron chi connectivity index (χ0n) is 10.1. The average molecular weight is 254 g/mol. The van der Waals surface area contributed by atoms with E-state index >= 15 is 0 Å². The molecule has 6 heteroatoms. The zero-order valence-corrected chi connectivity index (χ0v) is 10.1. The number of nitrogens with zero attached hydrogens (tertiary/aromatic N) is 1. The number of anilines is 1. The number of nitrogens with one attached hydrogen (secondary N) is 1. The SMILES string of the molecule is O=[N+]([O-])c1ccc(NC(O)CCCCCO)cc1. The van der Waals surface area contributed by atoms with Crippen LogP contribution < -0.4 is 5.32 Å². The molecule has 1 rings (SSSR count). The monoisotopic (exact) mass is 254 g/mol. The number of hydrogen-bond acceptors (Lipinski definition) is 5. The lowest BCUT2D eigenvalue weighted by molar-refractivity contribution is -0.384. The number of non-ortho nitro benzene ring substituents is 1. The highest BCUT2D eigenvalue weighted by molar-refractivity contribution is 5.48. The van der Waals surface area contributed by atoms with Gasteiger partial charge in [0.15, 0.2) is 0 Å². The van der Waals surface area contributed by atoms with E-state index in [2.05, 4.69) is 5.32 Å². The summed E-state index contributed by atoms with van der Waals surface area (Å²) >= 11 is 0. The number of benzene rings is 1. The number of hydrogen-bond donors (Lipinski definition) is 3. The van der Waals surface area contributed by atoms with Crippen LogP contribution in [0.2, 0.25) is 0 Å². The molecule has 1 unspecified atom stereocenters. The third kappa shape index (κ3) is 5.11. The highest BCUT2D eigenvalue weighted by Crippen LogP contribution is 2.16. The van der Waals surface area contributed by atoms with E-state index in [1.807, 2.05) is 0 Å². The summed E-state index contributed by atoms with van der Waals surface area (Å²) in [5.74, 6) is 0. The molecule has 0 spiro atoms. The Morgan fingerprint density at radius 3 is 2.44 bits per heavy atom. The summed E-state index contributed by atoms with van der Waals surface area (Å²) in [5, 5.41) is 31.6. The molecule has 1 aromatic rings. The molecule has 0 heterocycles. The summed E-state index contributed by atoms with van der Waals surface area (Å²) in [6.07, 6.45) is 2.34. The van der Waals surface area contributed by atoms with Crippen LogP contribution in [-0.4, -0.2) is 28.0 Å². The largest absolute Gasteiger partial charge is 0.396 e. The lowest BCUT2D eigenvalue weighted by atomic mass is 10.2. The van der Waals surface area contributed by atoms with Crippen molar-refractivity contribution in [1.29, 1.82) is 0 Å². The van der Waals surface area contributed by atoms with Crippen molar-refractivity contribution in [2.24, 2.45) is 0 Å². The molecule has 6 nitrogen and oxygen atoms in total. The molecule has 18 heavy (non-hydrogen) atoms. The first-order chi connectivity index (χ1) is 8.63. The van der Waals surface area contributed by atoms with E-state index in [1.54, 1.807) is 12.1 Å². The van der Waals surface area contributed by atoms with Gasteiger partial charge in [-0.25, -0.2) is 0 Å². The minimum absolute atomic E-state index is 0.0259. The Morgan fingerprint density at radius 2 is 1.89 bits per heavy atom. The normalized spacial score (nSPS) is 12.1. The van der Waals surface area contributed by atoms with Crippen molar-refractivity contribution < 1.29 is 15.1 Å². The van der Waals surface area contributed by atoms with Gasteiger partial charge in [-0.15, -0.1) is 0 Å². The van der Waals surface area contributed by atoms with Crippen LogP contribution in [0.4, 0.5) is 11.4 Å². The Hall–Kier alpha value is -1.66. The Bertz CT molecular complexity index is 367. The fourth-order valence-corrected chi connectivity index (χ4v) is 1.57. The first-order valence-electron chi connectivity index (χ1n) is 5.93. The van der Waals surface area contributed by atoms with Gasteiger partial charge in [0.25, 0.3) is 5.69 Å². The Labute approximate surface area is 105 Å². The van der Waals surface area contributed by atoms with E-state index < -0.39 is 11.2 Å². The van der Waals surface area contributed by atoms with Crippen LogP contribution in [0.3, 0.4) is 0 Å². The molecule has 0 radical (unpaired) electrons. The standard InChI is InChI=1S/C12H18N2O4/c15-9-3-1-2-4-12(16)13-10-5-7-11(8-6-10)14(17)18/h5-8,12-13,15-16H,1-4,9H2. The van der Waals surface area contributed by atoms with E-state index in [-0.39, 0.29) is 12.3 Å². The summed E-state index contributed by atoms with van der Waals surface area (Å²) in [5.41, 5.74) is 0.674. The van der Waals surface area contributed by atoms with Crippen LogP contribution in [0.5, 0.6) is 0 Å². The summed E-state index contributed by atoms with van der Waals surface area (Å²) in [7, 11) is 0. The maximum absolute atomic E-state index is 10.5. The number of nitro benzene ring substituents is 1. The number of nitro groups is 1. The average Bonchev–Trinajstić information content (AvgIpc) is 2.35. The van der Waals surface area contributed by atoms with Gasteiger partial charge in [0, 0.05) is 24.4 Å². The van der Waals surface area contributed by atoms with E-state index in [9.17, 15) is 15.2 Å². The second-order valence-electron chi connectivity index (χ2n) is 4.04. The van der Waals surface area contributed by atoms with Gasteiger partial charge in [-0.1, -0.05) is 6.42 Å². The zero-order chi connectivity index (χ0) is 13.4. The molecule has 0 aromatic heterocycles. The van der Waals surface area contributed by atoms with Crippen LogP contribution in [-0.2, 0) is 0 Å². The second kappa shape index (κ2) is 7.62. The summed E-state index contributed by atoms with van der Waals surface area (Å²) in [6, 6.07) is 5.91. The maximum Gasteiger partial charge on any atom is 0.269 e. The van der Waals surface area contributed by atoms with Gasteiger partial charge in [0.1, 0.15) is 6.23 Å². The van der Waals surface area contributed by atoms with Gasteiger partial charge >= 0.3 is 0 Å². The molecule has 0 bridgehead atoms. The summed E-state index contributed by atoms with van der Waals surface area (Å²) in [4.78, 5) is 9.99. The third-order valence-corrected chi connectivity index (χ3v) is 2.55. The first kappa shape index (κ1) is 14.4. The minimum Gasteiger partial charge on any atom is -0.396 e. The quantitative estimate of drug-likeness (QED) is 0.285. The summed E-state index contributed by atoms with van der Waals surface area (Å²) < 4.78 is 0. The molecule has 3 N–H and O–H groups in total. The first-order valence-corrected chi connectivity index (χ1v) is 5.93.